The number of ether oxygens (including phenoxy) is 2. The lowest BCUT2D eigenvalue weighted by molar-refractivity contribution is -0.138. The molecule has 0 spiro atoms. The van der Waals surface area contributed by atoms with E-state index < -0.39 is 29.5 Å². The first kappa shape index (κ1) is 28.8. The smallest absolute Gasteiger partial charge is 0.463 e. The highest BCUT2D eigenvalue weighted by atomic mass is 28.4. The number of carbonyl (C=O) groups excluding carboxylic acids is 2. The van der Waals surface area contributed by atoms with Gasteiger partial charge >= 0.3 is 29.5 Å². The van der Waals surface area contributed by atoms with Crippen molar-refractivity contribution in [2.75, 3.05) is 55.5 Å². The minimum absolute atomic E-state index is 0.0125. The summed E-state index contributed by atoms with van der Waals surface area (Å²) in [6, 6.07) is 0.612. The molecule has 0 rings (SSSR count). The molecule has 0 N–H and O–H groups in total. The SMILES string of the molecule is C=CC(=O)OCCC[Si](OC)(OC)OC.C=CC(=O)OC[Si](OC)(OC)OC. The third-order valence-electron chi connectivity index (χ3n) is 3.46. The molecule has 0 saturated heterocycles. The molecule has 0 unspecified atom stereocenters. The number of hydrogen-bond acceptors (Lipinski definition) is 10. The molecule has 0 heterocycles. The molecule has 0 fully saturated rings. The summed E-state index contributed by atoms with van der Waals surface area (Å²) in [6.07, 6.45) is 2.83. The molecule has 10 nitrogen and oxygen atoms in total. The van der Waals surface area contributed by atoms with Gasteiger partial charge in [0.15, 0.2) is 6.23 Å². The molecule has 0 aliphatic carbocycles. The molecule has 0 aliphatic heterocycles. The van der Waals surface area contributed by atoms with Crippen molar-refractivity contribution in [1.29, 1.82) is 0 Å². The monoisotopic (exact) mass is 440 g/mol. The first-order valence-electron chi connectivity index (χ1n) is 8.17. The fourth-order valence-corrected chi connectivity index (χ4v) is 4.58. The number of carbonyl (C=O) groups is 2. The van der Waals surface area contributed by atoms with Gasteiger partial charge < -0.3 is 36.0 Å². The van der Waals surface area contributed by atoms with E-state index in [-0.39, 0.29) is 6.23 Å². The van der Waals surface area contributed by atoms with E-state index in [1.165, 1.54) is 21.3 Å². The summed E-state index contributed by atoms with van der Waals surface area (Å²) in [5, 5.41) is 0. The van der Waals surface area contributed by atoms with Crippen LogP contribution in [-0.4, -0.2) is 85.0 Å². The fourth-order valence-electron chi connectivity index (χ4n) is 1.72. The van der Waals surface area contributed by atoms with Crippen molar-refractivity contribution in [2.45, 2.75) is 12.5 Å². The molecule has 0 aromatic heterocycles. The standard InChI is InChI=1S/C9H18O5Si.C7H14O5Si/c1-5-9(10)14-7-6-8-15(11-2,12-3)13-4;1-5-7(8)12-6-13(9-2,10-3)11-4/h5H,1,6-8H2,2-4H3;5H,1,6H2,2-4H3. The Morgan fingerprint density at radius 1 is 0.714 bits per heavy atom. The van der Waals surface area contributed by atoms with E-state index in [9.17, 15) is 9.59 Å². The van der Waals surface area contributed by atoms with Crippen LogP contribution in [0.25, 0.3) is 0 Å². The molecule has 0 radical (unpaired) electrons. The van der Waals surface area contributed by atoms with E-state index in [1.54, 1.807) is 21.3 Å². The number of hydrogen-bond donors (Lipinski definition) is 0. The fraction of sp³-hybridized carbons (Fsp3) is 0.625. The van der Waals surface area contributed by atoms with Gasteiger partial charge in [0, 0.05) is 60.9 Å². The van der Waals surface area contributed by atoms with E-state index in [1.807, 2.05) is 0 Å². The molecule has 0 aromatic carbocycles. The van der Waals surface area contributed by atoms with Gasteiger partial charge in [0.2, 0.25) is 0 Å². The Hall–Kier alpha value is -1.39. The van der Waals surface area contributed by atoms with E-state index in [4.69, 9.17) is 36.0 Å². The van der Waals surface area contributed by atoms with Crippen LogP contribution in [-0.2, 0) is 45.6 Å². The Labute approximate surface area is 169 Å². The van der Waals surface area contributed by atoms with E-state index in [0.29, 0.717) is 19.1 Å². The largest absolute Gasteiger partial charge is 0.539 e. The Balaban J connectivity index is 0. The van der Waals surface area contributed by atoms with Gasteiger partial charge in [-0.05, 0) is 6.42 Å². The molecule has 0 bridgehead atoms. The predicted molar refractivity (Wildman–Crippen MR) is 105 cm³/mol. The molecular weight excluding hydrogens is 408 g/mol. The first-order chi connectivity index (χ1) is 13.3. The van der Waals surface area contributed by atoms with Gasteiger partial charge in [0.1, 0.15) is 0 Å². The molecule has 164 valence electrons. The summed E-state index contributed by atoms with van der Waals surface area (Å²) < 4.78 is 40.2. The maximum Gasteiger partial charge on any atom is 0.539 e. The molecule has 0 aliphatic rings. The Kier molecular flexibility index (Phi) is 17.0. The maximum absolute atomic E-state index is 10.7. The van der Waals surface area contributed by atoms with Crippen LogP contribution >= 0.6 is 0 Å². The highest BCUT2D eigenvalue weighted by Crippen LogP contribution is 2.14. The van der Waals surface area contributed by atoms with E-state index >= 15 is 0 Å². The van der Waals surface area contributed by atoms with Crippen LogP contribution in [0.15, 0.2) is 25.3 Å². The Morgan fingerprint density at radius 3 is 1.46 bits per heavy atom. The minimum Gasteiger partial charge on any atom is -0.463 e. The summed E-state index contributed by atoms with van der Waals surface area (Å²) in [7, 11) is 3.68. The molecular formula is C16H32O10Si2. The zero-order valence-corrected chi connectivity index (χ0v) is 19.5. The lowest BCUT2D eigenvalue weighted by atomic mass is 10.5. The van der Waals surface area contributed by atoms with Crippen LogP contribution in [0.1, 0.15) is 6.42 Å². The summed E-state index contributed by atoms with van der Waals surface area (Å²) >= 11 is 0. The lowest BCUT2D eigenvalue weighted by Crippen LogP contribution is -2.48. The van der Waals surface area contributed by atoms with Crippen molar-refractivity contribution in [3.05, 3.63) is 25.3 Å². The third-order valence-corrected chi connectivity index (χ3v) is 8.66. The van der Waals surface area contributed by atoms with Crippen molar-refractivity contribution < 1.29 is 45.6 Å². The van der Waals surface area contributed by atoms with Crippen LogP contribution in [0.3, 0.4) is 0 Å². The third kappa shape index (κ3) is 11.5. The van der Waals surface area contributed by atoms with Gasteiger partial charge in [-0.25, -0.2) is 9.59 Å². The number of esters is 2. The molecule has 0 atom stereocenters. The van der Waals surface area contributed by atoms with E-state index in [2.05, 4.69) is 13.2 Å². The van der Waals surface area contributed by atoms with Gasteiger partial charge in [-0.2, -0.15) is 0 Å². The maximum atomic E-state index is 10.7. The highest BCUT2D eigenvalue weighted by molar-refractivity contribution is 6.60. The second kappa shape index (κ2) is 16.6. The molecule has 0 amide bonds. The van der Waals surface area contributed by atoms with Gasteiger partial charge in [-0.3, -0.25) is 0 Å². The van der Waals surface area contributed by atoms with Crippen molar-refractivity contribution in [3.63, 3.8) is 0 Å². The quantitative estimate of drug-likeness (QED) is 0.169. The molecule has 0 aromatic rings. The normalized spacial score (nSPS) is 11.1. The zero-order chi connectivity index (χ0) is 22.1. The van der Waals surface area contributed by atoms with Crippen LogP contribution < -0.4 is 0 Å². The van der Waals surface area contributed by atoms with Crippen LogP contribution in [0.4, 0.5) is 0 Å². The van der Waals surface area contributed by atoms with Crippen LogP contribution in [0.2, 0.25) is 6.04 Å². The second-order valence-electron chi connectivity index (χ2n) is 4.88. The number of rotatable bonds is 14. The first-order valence-corrected chi connectivity index (χ1v) is 12.0. The summed E-state index contributed by atoms with van der Waals surface area (Å²) in [5.74, 6) is -0.947. The summed E-state index contributed by atoms with van der Waals surface area (Å²) in [5.41, 5.74) is 0. The average Bonchev–Trinajstić information content (AvgIpc) is 2.75. The average molecular weight is 441 g/mol. The summed E-state index contributed by atoms with van der Waals surface area (Å²) in [6.45, 7) is 6.87. The molecule has 0 saturated carbocycles. The highest BCUT2D eigenvalue weighted by Gasteiger charge is 2.40. The van der Waals surface area contributed by atoms with E-state index in [0.717, 1.165) is 12.2 Å². The predicted octanol–water partition coefficient (Wildman–Crippen LogP) is 1.12. The van der Waals surface area contributed by atoms with Gasteiger partial charge in [0.05, 0.1) is 6.61 Å². The molecule has 28 heavy (non-hydrogen) atoms. The van der Waals surface area contributed by atoms with Crippen LogP contribution in [0, 0.1) is 0 Å². The van der Waals surface area contributed by atoms with Crippen molar-refractivity contribution in [1.82, 2.24) is 0 Å². The lowest BCUT2D eigenvalue weighted by Gasteiger charge is -2.23. The topological polar surface area (TPSA) is 108 Å². The molecule has 12 heteroatoms. The zero-order valence-electron chi connectivity index (χ0n) is 17.5. The van der Waals surface area contributed by atoms with Gasteiger partial charge in [-0.15, -0.1) is 0 Å². The Bertz CT molecular complexity index is 448. The van der Waals surface area contributed by atoms with Crippen molar-refractivity contribution >= 4 is 29.5 Å². The van der Waals surface area contributed by atoms with Gasteiger partial charge in [-0.1, -0.05) is 13.2 Å². The Morgan fingerprint density at radius 2 is 1.11 bits per heavy atom. The second-order valence-corrected chi connectivity index (χ2v) is 10.8. The summed E-state index contributed by atoms with van der Waals surface area (Å²) in [4.78, 5) is 21.4. The van der Waals surface area contributed by atoms with Crippen molar-refractivity contribution in [2.24, 2.45) is 0 Å². The van der Waals surface area contributed by atoms with Crippen molar-refractivity contribution in [3.8, 4) is 0 Å². The van der Waals surface area contributed by atoms with Crippen LogP contribution in [0.5, 0.6) is 0 Å². The van der Waals surface area contributed by atoms with Gasteiger partial charge in [0.25, 0.3) is 0 Å². The minimum atomic E-state index is -2.79.